The molecule has 2 N–H and O–H groups in total. The van der Waals surface area contributed by atoms with Gasteiger partial charge in [0.25, 0.3) is 0 Å². The predicted molar refractivity (Wildman–Crippen MR) is 84.7 cm³/mol. The van der Waals surface area contributed by atoms with E-state index in [0.717, 1.165) is 5.56 Å². The summed E-state index contributed by atoms with van der Waals surface area (Å²) in [5, 5.41) is 11.8. The molecule has 0 bridgehead atoms. The second-order valence-corrected chi connectivity index (χ2v) is 5.78. The molecule has 1 aliphatic rings. The molecular formula is C17H22N2O4. The summed E-state index contributed by atoms with van der Waals surface area (Å²) in [6.45, 7) is 1.14. The van der Waals surface area contributed by atoms with Gasteiger partial charge in [0.2, 0.25) is 11.8 Å². The van der Waals surface area contributed by atoms with Gasteiger partial charge in [-0.1, -0.05) is 30.3 Å². The fourth-order valence-electron chi connectivity index (χ4n) is 2.72. The molecule has 1 aliphatic heterocycles. The van der Waals surface area contributed by atoms with Crippen molar-refractivity contribution in [2.24, 2.45) is 5.92 Å². The number of benzene rings is 1. The van der Waals surface area contributed by atoms with E-state index in [4.69, 9.17) is 5.11 Å². The SMILES string of the molecule is O=C(Cc1ccccc1)NCCC(=O)N1CCCC(C(=O)O)C1. The molecule has 6 heteroatoms. The lowest BCUT2D eigenvalue weighted by Crippen LogP contribution is -2.43. The third-order valence-electron chi connectivity index (χ3n) is 3.99. The number of piperidine rings is 1. The van der Waals surface area contributed by atoms with Gasteiger partial charge < -0.3 is 15.3 Å². The van der Waals surface area contributed by atoms with E-state index in [2.05, 4.69) is 5.32 Å². The minimum Gasteiger partial charge on any atom is -0.481 e. The van der Waals surface area contributed by atoms with Crippen molar-refractivity contribution < 1.29 is 19.5 Å². The van der Waals surface area contributed by atoms with Gasteiger partial charge in [-0.25, -0.2) is 0 Å². The van der Waals surface area contributed by atoms with Crippen LogP contribution in [-0.2, 0) is 20.8 Å². The first kappa shape index (κ1) is 17.0. The van der Waals surface area contributed by atoms with Crippen LogP contribution in [0, 0.1) is 5.92 Å². The molecule has 1 unspecified atom stereocenters. The lowest BCUT2D eigenvalue weighted by molar-refractivity contribution is -0.145. The molecule has 1 saturated heterocycles. The summed E-state index contributed by atoms with van der Waals surface area (Å²) >= 11 is 0. The van der Waals surface area contributed by atoms with Crippen LogP contribution in [0.5, 0.6) is 0 Å². The highest BCUT2D eigenvalue weighted by Gasteiger charge is 2.27. The lowest BCUT2D eigenvalue weighted by Gasteiger charge is -2.30. The highest BCUT2D eigenvalue weighted by molar-refractivity contribution is 5.81. The first-order chi connectivity index (χ1) is 11.1. The normalized spacial score (nSPS) is 17.6. The maximum Gasteiger partial charge on any atom is 0.308 e. The van der Waals surface area contributed by atoms with E-state index in [1.165, 1.54) is 0 Å². The molecule has 2 rings (SSSR count). The Morgan fingerprint density at radius 1 is 1.22 bits per heavy atom. The Balaban J connectivity index is 1.70. The number of carboxylic acids is 1. The van der Waals surface area contributed by atoms with Crippen LogP contribution >= 0.6 is 0 Å². The Bertz CT molecular complexity index is 559. The van der Waals surface area contributed by atoms with Crippen molar-refractivity contribution in [2.75, 3.05) is 19.6 Å². The van der Waals surface area contributed by atoms with Crippen LogP contribution in [-0.4, -0.2) is 47.4 Å². The zero-order chi connectivity index (χ0) is 16.7. The van der Waals surface area contributed by atoms with Gasteiger partial charge in [0.15, 0.2) is 0 Å². The molecule has 1 aromatic rings. The summed E-state index contributed by atoms with van der Waals surface area (Å²) in [4.78, 5) is 36.5. The van der Waals surface area contributed by atoms with Crippen LogP contribution in [0.3, 0.4) is 0 Å². The molecule has 2 amide bonds. The molecule has 0 aromatic heterocycles. The standard InChI is InChI=1S/C17H22N2O4/c20-15(11-13-5-2-1-3-6-13)18-9-8-16(21)19-10-4-7-14(12-19)17(22)23/h1-3,5-6,14H,4,7-12H2,(H,18,20)(H,22,23). The average Bonchev–Trinajstić information content (AvgIpc) is 2.55. The quantitative estimate of drug-likeness (QED) is 0.821. The summed E-state index contributed by atoms with van der Waals surface area (Å²) < 4.78 is 0. The van der Waals surface area contributed by atoms with E-state index in [0.29, 0.717) is 25.8 Å². The number of carboxylic acid groups (broad SMARTS) is 1. The minimum absolute atomic E-state index is 0.101. The van der Waals surface area contributed by atoms with E-state index in [1.807, 2.05) is 30.3 Å². The second-order valence-electron chi connectivity index (χ2n) is 5.78. The molecule has 0 spiro atoms. The van der Waals surface area contributed by atoms with Crippen LogP contribution < -0.4 is 5.32 Å². The Kier molecular flexibility index (Phi) is 6.14. The first-order valence-electron chi connectivity index (χ1n) is 7.87. The molecule has 23 heavy (non-hydrogen) atoms. The van der Waals surface area contributed by atoms with Gasteiger partial charge >= 0.3 is 5.97 Å². The van der Waals surface area contributed by atoms with Crippen LogP contribution in [0.15, 0.2) is 30.3 Å². The number of carbonyl (C=O) groups excluding carboxylic acids is 2. The van der Waals surface area contributed by atoms with Gasteiger partial charge in [0, 0.05) is 26.1 Å². The number of hydrogen-bond donors (Lipinski definition) is 2. The van der Waals surface area contributed by atoms with Crippen LogP contribution in [0.25, 0.3) is 0 Å². The first-order valence-corrected chi connectivity index (χ1v) is 7.87. The summed E-state index contributed by atoms with van der Waals surface area (Å²) in [6, 6.07) is 9.40. The fourth-order valence-corrected chi connectivity index (χ4v) is 2.72. The molecule has 0 aliphatic carbocycles. The molecule has 1 aromatic carbocycles. The van der Waals surface area contributed by atoms with Crippen molar-refractivity contribution in [1.29, 1.82) is 0 Å². The summed E-state index contributed by atoms with van der Waals surface area (Å²) in [7, 11) is 0. The summed E-state index contributed by atoms with van der Waals surface area (Å²) in [5.74, 6) is -1.54. The molecule has 124 valence electrons. The van der Waals surface area contributed by atoms with E-state index in [9.17, 15) is 14.4 Å². The molecular weight excluding hydrogens is 296 g/mol. The zero-order valence-electron chi connectivity index (χ0n) is 13.0. The Hall–Kier alpha value is -2.37. The maximum atomic E-state index is 12.1. The molecule has 1 atom stereocenters. The minimum atomic E-state index is -0.848. The molecule has 0 radical (unpaired) electrons. The van der Waals surface area contributed by atoms with Gasteiger partial charge in [0.1, 0.15) is 0 Å². The van der Waals surface area contributed by atoms with Crippen molar-refractivity contribution in [2.45, 2.75) is 25.7 Å². The van der Waals surface area contributed by atoms with Gasteiger partial charge in [-0.2, -0.15) is 0 Å². The van der Waals surface area contributed by atoms with Crippen molar-refractivity contribution in [3.8, 4) is 0 Å². The fraction of sp³-hybridized carbons (Fsp3) is 0.471. The zero-order valence-corrected chi connectivity index (χ0v) is 13.0. The second kappa shape index (κ2) is 8.31. The number of nitrogens with one attached hydrogen (secondary N) is 1. The van der Waals surface area contributed by atoms with E-state index >= 15 is 0 Å². The molecule has 0 saturated carbocycles. The van der Waals surface area contributed by atoms with Crippen molar-refractivity contribution >= 4 is 17.8 Å². The van der Waals surface area contributed by atoms with Crippen molar-refractivity contribution in [1.82, 2.24) is 10.2 Å². The van der Waals surface area contributed by atoms with E-state index < -0.39 is 11.9 Å². The van der Waals surface area contributed by atoms with E-state index in [-0.39, 0.29) is 31.3 Å². The van der Waals surface area contributed by atoms with Gasteiger partial charge in [-0.3, -0.25) is 14.4 Å². The van der Waals surface area contributed by atoms with Gasteiger partial charge in [0.05, 0.1) is 12.3 Å². The number of hydrogen-bond acceptors (Lipinski definition) is 3. The molecule has 1 heterocycles. The maximum absolute atomic E-state index is 12.1. The highest BCUT2D eigenvalue weighted by Crippen LogP contribution is 2.17. The number of rotatable bonds is 6. The predicted octanol–water partition coefficient (Wildman–Crippen LogP) is 1.06. The Morgan fingerprint density at radius 3 is 2.65 bits per heavy atom. The largest absolute Gasteiger partial charge is 0.481 e. The molecule has 1 fully saturated rings. The van der Waals surface area contributed by atoms with Crippen LogP contribution in [0.4, 0.5) is 0 Å². The lowest BCUT2D eigenvalue weighted by atomic mass is 9.98. The van der Waals surface area contributed by atoms with Crippen LogP contribution in [0.1, 0.15) is 24.8 Å². The van der Waals surface area contributed by atoms with Crippen molar-refractivity contribution in [3.05, 3.63) is 35.9 Å². The number of likely N-dealkylation sites (tertiary alicyclic amines) is 1. The topological polar surface area (TPSA) is 86.7 Å². The number of aliphatic carboxylic acids is 1. The number of amides is 2. The smallest absolute Gasteiger partial charge is 0.308 e. The van der Waals surface area contributed by atoms with Gasteiger partial charge in [-0.05, 0) is 18.4 Å². The average molecular weight is 318 g/mol. The highest BCUT2D eigenvalue weighted by atomic mass is 16.4. The summed E-state index contributed by atoms with van der Waals surface area (Å²) in [6.07, 6.45) is 1.82. The molecule has 6 nitrogen and oxygen atoms in total. The Morgan fingerprint density at radius 2 is 1.96 bits per heavy atom. The van der Waals surface area contributed by atoms with Crippen molar-refractivity contribution in [3.63, 3.8) is 0 Å². The number of nitrogens with zero attached hydrogens (tertiary/aromatic N) is 1. The summed E-state index contributed by atoms with van der Waals surface area (Å²) in [5.41, 5.74) is 0.927. The van der Waals surface area contributed by atoms with Crippen LogP contribution in [0.2, 0.25) is 0 Å². The Labute approximate surface area is 135 Å². The van der Waals surface area contributed by atoms with Gasteiger partial charge in [-0.15, -0.1) is 0 Å². The third kappa shape index (κ3) is 5.39. The monoisotopic (exact) mass is 318 g/mol. The third-order valence-corrected chi connectivity index (χ3v) is 3.99. The van der Waals surface area contributed by atoms with E-state index in [1.54, 1.807) is 4.90 Å². The number of carbonyl (C=O) groups is 3.